The molecule has 0 unspecified atom stereocenters. The third kappa shape index (κ3) is 3.60. The number of hydrogen-bond acceptors (Lipinski definition) is 2. The number of carboxylic acid groups (broad SMARTS) is 1. The molecule has 1 aromatic carbocycles. The smallest absolute Gasteiger partial charge is 0.306 e. The van der Waals surface area contributed by atoms with Crippen molar-refractivity contribution >= 4 is 27.8 Å². The summed E-state index contributed by atoms with van der Waals surface area (Å²) in [5.74, 6) is -1.24. The molecule has 2 atom stereocenters. The first-order valence-electron chi connectivity index (χ1n) is 6.69. The van der Waals surface area contributed by atoms with Gasteiger partial charge in [0.05, 0.1) is 5.92 Å². The van der Waals surface area contributed by atoms with E-state index in [9.17, 15) is 9.59 Å². The standard InChI is InChI=1S/C15H18BrNO3/c1-17(9-10-3-2-4-13(16)7-10)14(18)11-5-6-12(8-11)15(19)20/h2-4,7,11-12H,5-6,8-9H2,1H3,(H,19,20)/t11-,12+/m1/s1. The molecule has 0 bridgehead atoms. The number of nitrogens with zero attached hydrogens (tertiary/aromatic N) is 1. The zero-order valence-corrected chi connectivity index (χ0v) is 13.0. The van der Waals surface area contributed by atoms with E-state index in [0.717, 1.165) is 10.0 Å². The van der Waals surface area contributed by atoms with Crippen LogP contribution in [0.5, 0.6) is 0 Å². The minimum absolute atomic E-state index is 0.0497. The Morgan fingerprint density at radius 1 is 1.35 bits per heavy atom. The van der Waals surface area contributed by atoms with Gasteiger partial charge in [0.15, 0.2) is 0 Å². The van der Waals surface area contributed by atoms with Crippen LogP contribution in [0, 0.1) is 11.8 Å². The highest BCUT2D eigenvalue weighted by atomic mass is 79.9. The van der Waals surface area contributed by atoms with Crippen molar-refractivity contribution in [3.8, 4) is 0 Å². The van der Waals surface area contributed by atoms with Gasteiger partial charge in [0.1, 0.15) is 0 Å². The van der Waals surface area contributed by atoms with Gasteiger partial charge in [-0.2, -0.15) is 0 Å². The van der Waals surface area contributed by atoms with Gasteiger partial charge in [-0.05, 0) is 37.0 Å². The van der Waals surface area contributed by atoms with Crippen molar-refractivity contribution < 1.29 is 14.7 Å². The summed E-state index contributed by atoms with van der Waals surface area (Å²) in [5.41, 5.74) is 1.06. The molecule has 1 N–H and O–H groups in total. The van der Waals surface area contributed by atoms with Crippen molar-refractivity contribution in [1.82, 2.24) is 4.90 Å². The maximum atomic E-state index is 12.3. The van der Waals surface area contributed by atoms with Crippen LogP contribution in [-0.2, 0) is 16.1 Å². The second-order valence-electron chi connectivity index (χ2n) is 5.37. The van der Waals surface area contributed by atoms with E-state index in [1.165, 1.54) is 0 Å². The summed E-state index contributed by atoms with van der Waals surface area (Å²) >= 11 is 3.41. The molecule has 1 aliphatic carbocycles. The van der Waals surface area contributed by atoms with E-state index in [1.807, 2.05) is 24.3 Å². The molecule has 0 radical (unpaired) electrons. The number of benzene rings is 1. The Morgan fingerprint density at radius 3 is 2.65 bits per heavy atom. The van der Waals surface area contributed by atoms with Crippen molar-refractivity contribution in [2.75, 3.05) is 7.05 Å². The fourth-order valence-corrected chi connectivity index (χ4v) is 3.18. The summed E-state index contributed by atoms with van der Waals surface area (Å²) in [6.45, 7) is 0.548. The number of amides is 1. The molecule has 0 saturated heterocycles. The largest absolute Gasteiger partial charge is 0.481 e. The van der Waals surface area contributed by atoms with Crippen molar-refractivity contribution in [1.29, 1.82) is 0 Å². The van der Waals surface area contributed by atoms with Crippen LogP contribution >= 0.6 is 15.9 Å². The Labute approximate surface area is 126 Å². The van der Waals surface area contributed by atoms with Gasteiger partial charge in [-0.15, -0.1) is 0 Å². The van der Waals surface area contributed by atoms with E-state index >= 15 is 0 Å². The molecule has 1 fully saturated rings. The lowest BCUT2D eigenvalue weighted by molar-refractivity contribution is -0.141. The molecule has 20 heavy (non-hydrogen) atoms. The first kappa shape index (κ1) is 15.0. The minimum Gasteiger partial charge on any atom is -0.481 e. The van der Waals surface area contributed by atoms with Crippen LogP contribution in [-0.4, -0.2) is 28.9 Å². The van der Waals surface area contributed by atoms with E-state index in [4.69, 9.17) is 5.11 Å². The lowest BCUT2D eigenvalue weighted by Gasteiger charge is -2.21. The fraction of sp³-hybridized carbons (Fsp3) is 0.467. The van der Waals surface area contributed by atoms with Crippen LogP contribution in [0.1, 0.15) is 24.8 Å². The molecule has 1 aromatic rings. The number of carboxylic acids is 1. The summed E-state index contributed by atoms with van der Waals surface area (Å²) in [4.78, 5) is 25.0. The lowest BCUT2D eigenvalue weighted by Crippen LogP contribution is -2.31. The van der Waals surface area contributed by atoms with Gasteiger partial charge in [-0.25, -0.2) is 0 Å². The molecule has 0 heterocycles. The molecule has 1 saturated carbocycles. The Hall–Kier alpha value is -1.36. The monoisotopic (exact) mass is 339 g/mol. The first-order chi connectivity index (χ1) is 9.47. The highest BCUT2D eigenvalue weighted by Crippen LogP contribution is 2.32. The molecule has 4 nitrogen and oxygen atoms in total. The molecular formula is C15H18BrNO3. The van der Waals surface area contributed by atoms with Gasteiger partial charge < -0.3 is 10.0 Å². The topological polar surface area (TPSA) is 57.6 Å². The Morgan fingerprint density at radius 2 is 2.05 bits per heavy atom. The number of halogens is 1. The van der Waals surface area contributed by atoms with Crippen LogP contribution in [0.3, 0.4) is 0 Å². The molecule has 0 aliphatic heterocycles. The van der Waals surface area contributed by atoms with Gasteiger partial charge in [0.2, 0.25) is 5.91 Å². The molecule has 108 valence electrons. The summed E-state index contributed by atoms with van der Waals surface area (Å²) in [6.07, 6.45) is 1.76. The molecule has 1 amide bonds. The number of rotatable bonds is 4. The maximum absolute atomic E-state index is 12.3. The number of carbonyl (C=O) groups excluding carboxylic acids is 1. The van der Waals surface area contributed by atoms with E-state index in [-0.39, 0.29) is 17.7 Å². The predicted molar refractivity (Wildman–Crippen MR) is 79.1 cm³/mol. The SMILES string of the molecule is CN(Cc1cccc(Br)c1)C(=O)[C@@H]1CC[C@H](C(=O)O)C1. The summed E-state index contributed by atoms with van der Waals surface area (Å²) in [7, 11) is 1.78. The number of aliphatic carboxylic acids is 1. The third-order valence-electron chi connectivity index (χ3n) is 3.82. The average Bonchev–Trinajstić information content (AvgIpc) is 2.87. The Bertz CT molecular complexity index is 518. The van der Waals surface area contributed by atoms with Gasteiger partial charge in [0, 0.05) is 24.0 Å². The van der Waals surface area contributed by atoms with Crippen LogP contribution in [0.25, 0.3) is 0 Å². The van der Waals surface area contributed by atoms with E-state index < -0.39 is 5.97 Å². The van der Waals surface area contributed by atoms with Crippen molar-refractivity contribution in [3.05, 3.63) is 34.3 Å². The van der Waals surface area contributed by atoms with E-state index in [1.54, 1.807) is 11.9 Å². The lowest BCUT2D eigenvalue weighted by atomic mass is 10.0. The normalized spacial score (nSPS) is 21.7. The van der Waals surface area contributed by atoms with E-state index in [0.29, 0.717) is 25.8 Å². The molecular weight excluding hydrogens is 322 g/mol. The van der Waals surface area contributed by atoms with Crippen LogP contribution < -0.4 is 0 Å². The van der Waals surface area contributed by atoms with Crippen LogP contribution in [0.15, 0.2) is 28.7 Å². The second kappa shape index (κ2) is 6.39. The van der Waals surface area contributed by atoms with Crippen LogP contribution in [0.2, 0.25) is 0 Å². The zero-order chi connectivity index (χ0) is 14.7. The average molecular weight is 340 g/mol. The minimum atomic E-state index is -0.782. The predicted octanol–water partition coefficient (Wildman–Crippen LogP) is 2.91. The first-order valence-corrected chi connectivity index (χ1v) is 7.49. The van der Waals surface area contributed by atoms with Crippen molar-refractivity contribution in [2.45, 2.75) is 25.8 Å². The fourth-order valence-electron chi connectivity index (χ4n) is 2.73. The quantitative estimate of drug-likeness (QED) is 0.917. The summed E-state index contributed by atoms with van der Waals surface area (Å²) < 4.78 is 0.989. The summed E-state index contributed by atoms with van der Waals surface area (Å²) in [5, 5.41) is 8.99. The second-order valence-corrected chi connectivity index (χ2v) is 6.29. The highest BCUT2D eigenvalue weighted by molar-refractivity contribution is 9.10. The summed E-state index contributed by atoms with van der Waals surface area (Å²) in [6, 6.07) is 7.84. The molecule has 0 aromatic heterocycles. The third-order valence-corrected chi connectivity index (χ3v) is 4.31. The van der Waals surface area contributed by atoms with Crippen molar-refractivity contribution in [3.63, 3.8) is 0 Å². The Kier molecular flexibility index (Phi) is 4.81. The van der Waals surface area contributed by atoms with Gasteiger partial charge >= 0.3 is 5.97 Å². The molecule has 5 heteroatoms. The van der Waals surface area contributed by atoms with Gasteiger partial charge in [-0.3, -0.25) is 9.59 Å². The Balaban J connectivity index is 1.94. The van der Waals surface area contributed by atoms with E-state index in [2.05, 4.69) is 15.9 Å². The number of carbonyl (C=O) groups is 2. The molecule has 1 aliphatic rings. The number of hydrogen-bond donors (Lipinski definition) is 1. The highest BCUT2D eigenvalue weighted by Gasteiger charge is 2.35. The van der Waals surface area contributed by atoms with Gasteiger partial charge in [-0.1, -0.05) is 28.1 Å². The molecule has 0 spiro atoms. The van der Waals surface area contributed by atoms with Crippen molar-refractivity contribution in [2.24, 2.45) is 11.8 Å². The van der Waals surface area contributed by atoms with Gasteiger partial charge in [0.25, 0.3) is 0 Å². The zero-order valence-electron chi connectivity index (χ0n) is 11.4. The van der Waals surface area contributed by atoms with Crippen LogP contribution in [0.4, 0.5) is 0 Å². The maximum Gasteiger partial charge on any atom is 0.306 e. The molecule has 2 rings (SSSR count).